The van der Waals surface area contributed by atoms with Crippen LogP contribution >= 0.6 is 0 Å². The molecule has 230 valence electrons. The third-order valence-corrected chi connectivity index (χ3v) is 9.65. The van der Waals surface area contributed by atoms with E-state index in [0.29, 0.717) is 16.7 Å². The predicted molar refractivity (Wildman–Crippen MR) is 200 cm³/mol. The lowest BCUT2D eigenvalue weighted by molar-refractivity contribution is 1.18. The van der Waals surface area contributed by atoms with Gasteiger partial charge in [0.2, 0.25) is 0 Å². The third-order valence-electron chi connectivity index (χ3n) is 9.65. The standard InChI is InChI=1S/C45H25N5/c46-26-29-16-23-43-39(24-29)37-10-2-5-13-41(37)50(43)40-12-4-1-9-36(40)31-19-22-35(33(25-31)28-48)30-17-20-34(21-18-30)49-42-14-6-3-11-38(42)45-32(27-47)8-7-15-44(45)49/h1-25H. The van der Waals surface area contributed by atoms with Crippen LogP contribution in [0.15, 0.2) is 152 Å². The number of nitriles is 3. The Labute approximate surface area is 287 Å². The number of hydrogen-bond acceptors (Lipinski definition) is 3. The molecule has 2 aromatic heterocycles. The van der Waals surface area contributed by atoms with Gasteiger partial charge in [-0.25, -0.2) is 0 Å². The van der Waals surface area contributed by atoms with E-state index in [1.807, 2.05) is 78.9 Å². The molecule has 9 rings (SSSR count). The molecule has 5 nitrogen and oxygen atoms in total. The fourth-order valence-electron chi connectivity index (χ4n) is 7.45. The third kappa shape index (κ3) is 4.31. The molecule has 0 bridgehead atoms. The highest BCUT2D eigenvalue weighted by atomic mass is 15.0. The zero-order chi connectivity index (χ0) is 33.8. The minimum absolute atomic E-state index is 0.585. The molecule has 0 aliphatic carbocycles. The maximum absolute atomic E-state index is 10.4. The molecule has 0 saturated heterocycles. The van der Waals surface area contributed by atoms with E-state index in [1.54, 1.807) is 0 Å². The van der Waals surface area contributed by atoms with Crippen LogP contribution in [0.4, 0.5) is 0 Å². The molecule has 0 saturated carbocycles. The Morgan fingerprint density at radius 2 is 1.06 bits per heavy atom. The van der Waals surface area contributed by atoms with E-state index in [1.165, 1.54) is 0 Å². The highest BCUT2D eigenvalue weighted by Gasteiger charge is 2.18. The van der Waals surface area contributed by atoms with Crippen molar-refractivity contribution in [3.63, 3.8) is 0 Å². The van der Waals surface area contributed by atoms with Crippen LogP contribution in [0.2, 0.25) is 0 Å². The van der Waals surface area contributed by atoms with Crippen LogP contribution in [-0.4, -0.2) is 9.13 Å². The Hall–Kier alpha value is -7.39. The van der Waals surface area contributed by atoms with E-state index in [2.05, 4.69) is 100 Å². The van der Waals surface area contributed by atoms with Gasteiger partial charge in [0.25, 0.3) is 0 Å². The van der Waals surface area contributed by atoms with Crippen molar-refractivity contribution in [3.05, 3.63) is 168 Å². The Morgan fingerprint density at radius 3 is 1.84 bits per heavy atom. The first-order valence-corrected chi connectivity index (χ1v) is 16.3. The highest BCUT2D eigenvalue weighted by Crippen LogP contribution is 2.39. The molecular weight excluding hydrogens is 611 g/mol. The van der Waals surface area contributed by atoms with Crippen molar-refractivity contribution in [3.8, 4) is 51.8 Å². The van der Waals surface area contributed by atoms with Gasteiger partial charge < -0.3 is 9.13 Å². The summed E-state index contributed by atoms with van der Waals surface area (Å²) in [5.41, 5.74) is 11.7. The minimum atomic E-state index is 0.585. The summed E-state index contributed by atoms with van der Waals surface area (Å²) in [4.78, 5) is 0. The summed E-state index contributed by atoms with van der Waals surface area (Å²) < 4.78 is 4.43. The Morgan fingerprint density at radius 1 is 0.400 bits per heavy atom. The monoisotopic (exact) mass is 635 g/mol. The van der Waals surface area contributed by atoms with Crippen LogP contribution < -0.4 is 0 Å². The molecule has 0 N–H and O–H groups in total. The van der Waals surface area contributed by atoms with Gasteiger partial charge >= 0.3 is 0 Å². The molecule has 5 heteroatoms. The number of para-hydroxylation sites is 3. The zero-order valence-corrected chi connectivity index (χ0v) is 26.7. The highest BCUT2D eigenvalue weighted by molar-refractivity contribution is 6.12. The van der Waals surface area contributed by atoms with Gasteiger partial charge in [-0.2, -0.15) is 15.8 Å². The topological polar surface area (TPSA) is 81.2 Å². The van der Waals surface area contributed by atoms with Gasteiger partial charge in [-0.1, -0.05) is 84.9 Å². The maximum Gasteiger partial charge on any atom is 0.0998 e. The van der Waals surface area contributed by atoms with Crippen LogP contribution in [0.5, 0.6) is 0 Å². The second-order valence-electron chi connectivity index (χ2n) is 12.3. The van der Waals surface area contributed by atoms with Crippen molar-refractivity contribution in [1.29, 1.82) is 15.8 Å². The summed E-state index contributed by atoms with van der Waals surface area (Å²) in [7, 11) is 0. The van der Waals surface area contributed by atoms with E-state index in [0.717, 1.165) is 77.2 Å². The Balaban J connectivity index is 1.15. The number of fused-ring (bicyclic) bond motifs is 6. The van der Waals surface area contributed by atoms with Crippen LogP contribution in [-0.2, 0) is 0 Å². The van der Waals surface area contributed by atoms with E-state index < -0.39 is 0 Å². The Bertz CT molecular complexity index is 2960. The number of benzene rings is 7. The van der Waals surface area contributed by atoms with Gasteiger partial charge in [0.05, 0.1) is 62.7 Å². The van der Waals surface area contributed by atoms with Crippen molar-refractivity contribution >= 4 is 43.6 Å². The van der Waals surface area contributed by atoms with Crippen LogP contribution in [0.3, 0.4) is 0 Å². The van der Waals surface area contributed by atoms with Crippen molar-refractivity contribution < 1.29 is 0 Å². The first-order valence-electron chi connectivity index (χ1n) is 16.3. The van der Waals surface area contributed by atoms with Gasteiger partial charge in [-0.15, -0.1) is 0 Å². The minimum Gasteiger partial charge on any atom is -0.309 e. The van der Waals surface area contributed by atoms with E-state index in [4.69, 9.17) is 0 Å². The quantitative estimate of drug-likeness (QED) is 0.193. The van der Waals surface area contributed by atoms with Gasteiger partial charge in [-0.3, -0.25) is 0 Å². The van der Waals surface area contributed by atoms with Crippen LogP contribution in [0, 0.1) is 34.0 Å². The molecule has 2 heterocycles. The lowest BCUT2D eigenvalue weighted by Gasteiger charge is -2.15. The lowest BCUT2D eigenvalue weighted by Crippen LogP contribution is -1.98. The van der Waals surface area contributed by atoms with Crippen molar-refractivity contribution in [1.82, 2.24) is 9.13 Å². The van der Waals surface area contributed by atoms with E-state index in [-0.39, 0.29) is 0 Å². The first kappa shape index (κ1) is 28.8. The number of aromatic nitrogens is 2. The molecule has 50 heavy (non-hydrogen) atoms. The fraction of sp³-hybridized carbons (Fsp3) is 0. The first-order chi connectivity index (χ1) is 24.7. The van der Waals surface area contributed by atoms with Crippen molar-refractivity contribution in [2.24, 2.45) is 0 Å². The van der Waals surface area contributed by atoms with Gasteiger partial charge in [0.1, 0.15) is 0 Å². The summed E-state index contributed by atoms with van der Waals surface area (Å²) in [6.45, 7) is 0. The smallest absolute Gasteiger partial charge is 0.0998 e. The number of rotatable bonds is 4. The zero-order valence-electron chi connectivity index (χ0n) is 26.7. The molecule has 0 aliphatic rings. The normalized spacial score (nSPS) is 11.1. The summed E-state index contributed by atoms with van der Waals surface area (Å²) in [6, 6.07) is 57.8. The van der Waals surface area contributed by atoms with Crippen molar-refractivity contribution in [2.75, 3.05) is 0 Å². The van der Waals surface area contributed by atoms with E-state index in [9.17, 15) is 15.8 Å². The summed E-state index contributed by atoms with van der Waals surface area (Å²) in [6.07, 6.45) is 0. The fourth-order valence-corrected chi connectivity index (χ4v) is 7.45. The van der Waals surface area contributed by atoms with Gasteiger partial charge in [0.15, 0.2) is 0 Å². The second kappa shape index (κ2) is 11.4. The molecule has 0 fully saturated rings. The molecule has 0 aliphatic heterocycles. The average molecular weight is 636 g/mol. The molecule has 0 spiro atoms. The average Bonchev–Trinajstić information content (AvgIpc) is 3.70. The van der Waals surface area contributed by atoms with E-state index >= 15 is 0 Å². The molecular formula is C45H25N5. The lowest BCUT2D eigenvalue weighted by atomic mass is 9.94. The number of nitrogens with zero attached hydrogens (tertiary/aromatic N) is 5. The molecule has 0 unspecified atom stereocenters. The Kier molecular flexibility index (Phi) is 6.56. The summed E-state index contributed by atoms with van der Waals surface area (Å²) in [5.74, 6) is 0. The second-order valence-corrected chi connectivity index (χ2v) is 12.3. The van der Waals surface area contributed by atoms with Crippen LogP contribution in [0.25, 0.3) is 77.2 Å². The maximum atomic E-state index is 10.4. The largest absolute Gasteiger partial charge is 0.309 e. The molecule has 9 aromatic rings. The molecule has 0 atom stereocenters. The van der Waals surface area contributed by atoms with Gasteiger partial charge in [0, 0.05) is 32.8 Å². The number of hydrogen-bond donors (Lipinski definition) is 0. The molecule has 0 radical (unpaired) electrons. The van der Waals surface area contributed by atoms with Crippen molar-refractivity contribution in [2.45, 2.75) is 0 Å². The predicted octanol–water partition coefficient (Wildman–Crippen LogP) is 10.8. The summed E-state index contributed by atoms with van der Waals surface area (Å²) in [5, 5.41) is 34.0. The van der Waals surface area contributed by atoms with Crippen LogP contribution in [0.1, 0.15) is 16.7 Å². The van der Waals surface area contributed by atoms with Gasteiger partial charge in [-0.05, 0) is 83.4 Å². The molecule has 0 amide bonds. The molecule has 7 aromatic carbocycles. The SMILES string of the molecule is N#Cc1ccc2c(c1)c1ccccc1n2-c1ccccc1-c1ccc(-c2ccc(-n3c4ccccc4c4c(C#N)cccc43)cc2)c(C#N)c1. The summed E-state index contributed by atoms with van der Waals surface area (Å²) >= 11 is 0.